The Labute approximate surface area is 205 Å². The van der Waals surface area contributed by atoms with E-state index in [1.54, 1.807) is 62.4 Å². The van der Waals surface area contributed by atoms with Crippen molar-refractivity contribution in [3.8, 4) is 0 Å². The van der Waals surface area contributed by atoms with Crippen molar-refractivity contribution in [2.24, 2.45) is 0 Å². The molecule has 2 heterocycles. The fourth-order valence-electron chi connectivity index (χ4n) is 3.73. The van der Waals surface area contributed by atoms with E-state index < -0.39 is 23.7 Å². The molecule has 1 saturated heterocycles. The van der Waals surface area contributed by atoms with Crippen LogP contribution in [0.25, 0.3) is 5.76 Å². The molecule has 1 N–H and O–H groups in total. The predicted octanol–water partition coefficient (Wildman–Crippen LogP) is 5.22. The third-order valence-electron chi connectivity index (χ3n) is 5.41. The van der Waals surface area contributed by atoms with Gasteiger partial charge in [-0.05, 0) is 38.5 Å². The number of aryl methyl sites for hydroxylation is 2. The number of ketones is 1. The van der Waals surface area contributed by atoms with E-state index in [0.717, 1.165) is 16.9 Å². The number of benzene rings is 2. The van der Waals surface area contributed by atoms with Gasteiger partial charge in [-0.1, -0.05) is 64.9 Å². The second-order valence-corrected chi connectivity index (χ2v) is 9.13. The van der Waals surface area contributed by atoms with Crippen LogP contribution in [0.5, 0.6) is 0 Å². The number of hydrogen-bond acceptors (Lipinski definition) is 7. The first-order valence-corrected chi connectivity index (χ1v) is 11.7. The van der Waals surface area contributed by atoms with E-state index in [4.69, 9.17) is 16.3 Å². The van der Waals surface area contributed by atoms with Crippen molar-refractivity contribution in [3.63, 3.8) is 0 Å². The summed E-state index contributed by atoms with van der Waals surface area (Å²) in [7, 11) is 0. The number of carbonyl (C=O) groups is 3. The number of hydrogen-bond donors (Lipinski definition) is 1. The molecule has 0 spiro atoms. The van der Waals surface area contributed by atoms with Crippen LogP contribution in [0, 0.1) is 13.8 Å². The molecule has 1 aliphatic rings. The van der Waals surface area contributed by atoms with Crippen molar-refractivity contribution in [3.05, 3.63) is 86.4 Å². The Morgan fingerprint density at radius 1 is 1.12 bits per heavy atom. The number of nitrogens with zero attached hydrogens (tertiary/aromatic N) is 2. The van der Waals surface area contributed by atoms with Gasteiger partial charge < -0.3 is 9.84 Å². The van der Waals surface area contributed by atoms with Crippen molar-refractivity contribution in [1.29, 1.82) is 0 Å². The number of aliphatic hydroxyl groups excluding tert-OH is 1. The topological polar surface area (TPSA) is 96.8 Å². The average molecular weight is 497 g/mol. The van der Waals surface area contributed by atoms with Crippen LogP contribution < -0.4 is 4.90 Å². The zero-order valence-electron chi connectivity index (χ0n) is 18.7. The first-order chi connectivity index (χ1) is 16.2. The lowest BCUT2D eigenvalue weighted by Gasteiger charge is -2.23. The van der Waals surface area contributed by atoms with Gasteiger partial charge in [-0.25, -0.2) is 9.78 Å². The number of Topliss-reactive ketones (excluding diaryl/α,β-unsaturated/α-hetero) is 1. The average Bonchev–Trinajstić information content (AvgIpc) is 3.31. The van der Waals surface area contributed by atoms with Crippen LogP contribution in [0.1, 0.15) is 45.0 Å². The molecule has 0 bridgehead atoms. The Morgan fingerprint density at radius 3 is 2.38 bits per heavy atom. The van der Waals surface area contributed by atoms with E-state index in [-0.39, 0.29) is 27.9 Å². The molecule has 0 radical (unpaired) electrons. The van der Waals surface area contributed by atoms with Gasteiger partial charge in [0.05, 0.1) is 23.9 Å². The van der Waals surface area contributed by atoms with Crippen molar-refractivity contribution in [2.75, 3.05) is 11.5 Å². The number of anilines is 1. The number of ether oxygens (including phenoxy) is 1. The van der Waals surface area contributed by atoms with Crippen LogP contribution in [-0.4, -0.2) is 34.4 Å². The molecular formula is C25H21ClN2O5S. The quantitative estimate of drug-likeness (QED) is 0.225. The van der Waals surface area contributed by atoms with Gasteiger partial charge in [0.15, 0.2) is 5.13 Å². The molecule has 9 heteroatoms. The van der Waals surface area contributed by atoms with E-state index >= 15 is 0 Å². The minimum absolute atomic E-state index is 0.0679. The van der Waals surface area contributed by atoms with Gasteiger partial charge in [0, 0.05) is 10.6 Å². The van der Waals surface area contributed by atoms with Gasteiger partial charge in [-0.15, -0.1) is 0 Å². The zero-order valence-corrected chi connectivity index (χ0v) is 20.2. The van der Waals surface area contributed by atoms with E-state index in [0.29, 0.717) is 21.8 Å². The molecule has 1 aromatic heterocycles. The second kappa shape index (κ2) is 9.40. The highest BCUT2D eigenvalue weighted by Gasteiger charge is 2.48. The Bertz CT molecular complexity index is 1310. The third-order valence-corrected chi connectivity index (χ3v) is 6.80. The lowest BCUT2D eigenvalue weighted by atomic mass is 9.95. The number of thiazole rings is 1. The Kier molecular flexibility index (Phi) is 6.54. The lowest BCUT2D eigenvalue weighted by Crippen LogP contribution is -2.29. The van der Waals surface area contributed by atoms with Crippen LogP contribution in [0.3, 0.4) is 0 Å². The monoisotopic (exact) mass is 496 g/mol. The van der Waals surface area contributed by atoms with Gasteiger partial charge in [-0.3, -0.25) is 14.5 Å². The summed E-state index contributed by atoms with van der Waals surface area (Å²) < 4.78 is 5.08. The first kappa shape index (κ1) is 23.7. The SMILES string of the molecule is CCOC(=O)c1sc(N2C(=O)C(=O)/C(=C(/O)c3ccc(C)cc3)C2c2ccc(Cl)cc2)nc1C. The van der Waals surface area contributed by atoms with Crippen LogP contribution in [-0.2, 0) is 14.3 Å². The van der Waals surface area contributed by atoms with Crippen molar-refractivity contribution >= 4 is 51.5 Å². The lowest BCUT2D eigenvalue weighted by molar-refractivity contribution is -0.132. The van der Waals surface area contributed by atoms with E-state index in [2.05, 4.69) is 4.98 Å². The minimum atomic E-state index is -0.959. The Balaban J connectivity index is 1.90. The molecule has 0 saturated carbocycles. The summed E-state index contributed by atoms with van der Waals surface area (Å²) in [5.41, 5.74) is 2.26. The molecule has 1 amide bonds. The van der Waals surface area contributed by atoms with Crippen molar-refractivity contribution in [1.82, 2.24) is 4.98 Å². The molecule has 174 valence electrons. The fraction of sp³-hybridized carbons (Fsp3) is 0.200. The zero-order chi connectivity index (χ0) is 24.6. The van der Waals surface area contributed by atoms with Crippen molar-refractivity contribution < 1.29 is 24.2 Å². The molecule has 0 aliphatic carbocycles. The van der Waals surface area contributed by atoms with Crippen LogP contribution >= 0.6 is 22.9 Å². The van der Waals surface area contributed by atoms with E-state index in [9.17, 15) is 19.5 Å². The maximum absolute atomic E-state index is 13.2. The highest BCUT2D eigenvalue weighted by Crippen LogP contribution is 2.44. The first-order valence-electron chi connectivity index (χ1n) is 10.5. The normalized spacial score (nSPS) is 17.3. The standard InChI is InChI=1S/C25H21ClN2O5S/c1-4-33-24(32)22-14(3)27-25(34-22)28-19(15-9-11-17(26)12-10-15)18(21(30)23(28)31)20(29)16-7-5-13(2)6-8-16/h5-12,19,29H,4H2,1-3H3/b20-18+. The summed E-state index contributed by atoms with van der Waals surface area (Å²) in [6.45, 7) is 5.42. The van der Waals surface area contributed by atoms with Gasteiger partial charge in [0.1, 0.15) is 10.6 Å². The number of halogens is 1. The fourth-order valence-corrected chi connectivity index (χ4v) is 4.84. The summed E-state index contributed by atoms with van der Waals surface area (Å²) in [5, 5.41) is 11.8. The van der Waals surface area contributed by atoms with Crippen LogP contribution in [0.15, 0.2) is 54.1 Å². The number of esters is 1. The van der Waals surface area contributed by atoms with Gasteiger partial charge in [-0.2, -0.15) is 0 Å². The van der Waals surface area contributed by atoms with Gasteiger partial charge in [0.25, 0.3) is 5.78 Å². The smallest absolute Gasteiger partial charge is 0.350 e. The maximum Gasteiger partial charge on any atom is 0.350 e. The number of carbonyl (C=O) groups excluding carboxylic acids is 3. The summed E-state index contributed by atoms with van der Waals surface area (Å²) in [5.74, 6) is -2.54. The number of aromatic nitrogens is 1. The summed E-state index contributed by atoms with van der Waals surface area (Å²) in [4.78, 5) is 44.6. The second-order valence-electron chi connectivity index (χ2n) is 7.72. The highest BCUT2D eigenvalue weighted by atomic mass is 35.5. The molecule has 4 rings (SSSR count). The number of aliphatic hydroxyl groups is 1. The molecule has 7 nitrogen and oxygen atoms in total. The number of rotatable bonds is 5. The minimum Gasteiger partial charge on any atom is -0.507 e. The maximum atomic E-state index is 13.2. The Morgan fingerprint density at radius 2 is 1.76 bits per heavy atom. The van der Waals surface area contributed by atoms with Gasteiger partial charge in [0.2, 0.25) is 0 Å². The third kappa shape index (κ3) is 4.22. The van der Waals surface area contributed by atoms with Crippen LogP contribution in [0.4, 0.5) is 5.13 Å². The van der Waals surface area contributed by atoms with Crippen LogP contribution in [0.2, 0.25) is 5.02 Å². The molecule has 34 heavy (non-hydrogen) atoms. The van der Waals surface area contributed by atoms with Crippen molar-refractivity contribution in [2.45, 2.75) is 26.8 Å². The Hall–Kier alpha value is -3.49. The molecule has 1 aliphatic heterocycles. The van der Waals surface area contributed by atoms with E-state index in [1.165, 1.54) is 4.90 Å². The van der Waals surface area contributed by atoms with E-state index in [1.807, 2.05) is 6.92 Å². The largest absolute Gasteiger partial charge is 0.507 e. The molecule has 2 aromatic carbocycles. The summed E-state index contributed by atoms with van der Waals surface area (Å²) >= 11 is 7.02. The molecule has 3 aromatic rings. The molecular weight excluding hydrogens is 476 g/mol. The van der Waals surface area contributed by atoms with Gasteiger partial charge >= 0.3 is 11.9 Å². The predicted molar refractivity (Wildman–Crippen MR) is 130 cm³/mol. The highest BCUT2D eigenvalue weighted by molar-refractivity contribution is 7.17. The molecule has 1 atom stereocenters. The summed E-state index contributed by atoms with van der Waals surface area (Å²) in [6.07, 6.45) is 0. The summed E-state index contributed by atoms with van der Waals surface area (Å²) in [6, 6.07) is 12.7. The molecule has 1 fully saturated rings. The number of amides is 1. The molecule has 1 unspecified atom stereocenters.